The van der Waals surface area contributed by atoms with Crippen molar-refractivity contribution < 1.29 is 9.90 Å². The van der Waals surface area contributed by atoms with E-state index in [4.69, 9.17) is 5.11 Å². The molecule has 4 nitrogen and oxygen atoms in total. The van der Waals surface area contributed by atoms with Gasteiger partial charge in [-0.3, -0.25) is 9.69 Å². The molecule has 6 heteroatoms. The number of hydrogen-bond donors (Lipinski definition) is 1. The van der Waals surface area contributed by atoms with Crippen LogP contribution >= 0.6 is 27.3 Å². The third-order valence-electron chi connectivity index (χ3n) is 3.07. The molecule has 1 atom stereocenters. The summed E-state index contributed by atoms with van der Waals surface area (Å²) in [6, 6.07) is 7.46. The summed E-state index contributed by atoms with van der Waals surface area (Å²) in [5, 5.41) is 11.9. The molecule has 0 bridgehead atoms. The van der Waals surface area contributed by atoms with Crippen molar-refractivity contribution in [2.24, 2.45) is 0 Å². The average Bonchev–Trinajstić information content (AvgIpc) is 2.87. The van der Waals surface area contributed by atoms with Gasteiger partial charge < -0.3 is 5.11 Å². The lowest BCUT2D eigenvalue weighted by Gasteiger charge is -2.19. The summed E-state index contributed by atoms with van der Waals surface area (Å²) in [5.74, 6) is -0.823. The van der Waals surface area contributed by atoms with E-state index >= 15 is 0 Å². The Morgan fingerprint density at radius 1 is 1.45 bits per heavy atom. The van der Waals surface area contributed by atoms with E-state index in [1.165, 1.54) is 0 Å². The summed E-state index contributed by atoms with van der Waals surface area (Å²) in [5.41, 5.74) is 1.96. The summed E-state index contributed by atoms with van der Waals surface area (Å²) >= 11 is 4.98. The first-order valence-corrected chi connectivity index (χ1v) is 7.78. The number of carboxylic acids is 1. The first-order chi connectivity index (χ1) is 9.47. The quantitative estimate of drug-likeness (QED) is 0.892. The van der Waals surface area contributed by atoms with Gasteiger partial charge in [0.15, 0.2) is 0 Å². The molecule has 0 radical (unpaired) electrons. The van der Waals surface area contributed by atoms with E-state index in [0.29, 0.717) is 6.54 Å². The van der Waals surface area contributed by atoms with E-state index in [-0.39, 0.29) is 0 Å². The minimum atomic E-state index is -0.823. The van der Waals surface area contributed by atoms with Gasteiger partial charge >= 0.3 is 5.97 Å². The van der Waals surface area contributed by atoms with Crippen LogP contribution in [-0.4, -0.2) is 34.0 Å². The summed E-state index contributed by atoms with van der Waals surface area (Å²) < 4.78 is 1.04. The minimum absolute atomic E-state index is 0.521. The molecule has 1 aromatic carbocycles. The molecule has 1 N–H and O–H groups in total. The molecule has 2 rings (SSSR count). The van der Waals surface area contributed by atoms with Gasteiger partial charge in [-0.25, -0.2) is 4.98 Å². The Kier molecular flexibility index (Phi) is 4.91. The summed E-state index contributed by atoms with van der Waals surface area (Å²) in [6.45, 7) is 2.20. The van der Waals surface area contributed by atoms with E-state index in [1.807, 2.05) is 29.6 Å². The molecule has 1 heterocycles. The smallest absolute Gasteiger partial charge is 0.320 e. The van der Waals surface area contributed by atoms with Gasteiger partial charge in [0.2, 0.25) is 0 Å². The van der Waals surface area contributed by atoms with Crippen LogP contribution in [0.1, 0.15) is 12.6 Å². The predicted molar refractivity (Wildman–Crippen MR) is 83.8 cm³/mol. The van der Waals surface area contributed by atoms with E-state index in [1.54, 1.807) is 30.2 Å². The van der Waals surface area contributed by atoms with E-state index in [9.17, 15) is 4.79 Å². The number of likely N-dealkylation sites (N-methyl/N-ethyl adjacent to an activating group) is 1. The molecule has 0 amide bonds. The Balaban J connectivity index is 2.09. The lowest BCUT2D eigenvalue weighted by atomic mass is 10.2. The zero-order valence-electron chi connectivity index (χ0n) is 11.2. The number of aliphatic carboxylic acids is 1. The Hall–Kier alpha value is -1.24. The highest BCUT2D eigenvalue weighted by Crippen LogP contribution is 2.25. The van der Waals surface area contributed by atoms with Gasteiger partial charge in [0.25, 0.3) is 0 Å². The maximum atomic E-state index is 10.9. The van der Waals surface area contributed by atoms with Crippen molar-refractivity contribution in [3.8, 4) is 10.6 Å². The number of hydrogen-bond acceptors (Lipinski definition) is 4. The van der Waals surface area contributed by atoms with Crippen molar-refractivity contribution in [2.45, 2.75) is 19.5 Å². The maximum absolute atomic E-state index is 10.9. The van der Waals surface area contributed by atoms with Crippen LogP contribution in [-0.2, 0) is 11.3 Å². The minimum Gasteiger partial charge on any atom is -0.480 e. The molecule has 0 saturated carbocycles. The number of nitrogens with zero attached hydrogens (tertiary/aromatic N) is 2. The van der Waals surface area contributed by atoms with Crippen LogP contribution in [0.4, 0.5) is 0 Å². The molecule has 0 aliphatic heterocycles. The fourth-order valence-corrected chi connectivity index (χ4v) is 2.77. The van der Waals surface area contributed by atoms with Gasteiger partial charge in [-0.15, -0.1) is 11.3 Å². The highest BCUT2D eigenvalue weighted by molar-refractivity contribution is 9.10. The topological polar surface area (TPSA) is 53.4 Å². The first kappa shape index (κ1) is 15.2. The van der Waals surface area contributed by atoms with Gasteiger partial charge in [-0.05, 0) is 26.1 Å². The molecule has 1 aromatic heterocycles. The van der Waals surface area contributed by atoms with Crippen LogP contribution in [0.15, 0.2) is 34.1 Å². The van der Waals surface area contributed by atoms with Crippen molar-refractivity contribution in [3.05, 3.63) is 39.8 Å². The van der Waals surface area contributed by atoms with Crippen LogP contribution < -0.4 is 0 Å². The van der Waals surface area contributed by atoms with Gasteiger partial charge in [0, 0.05) is 22.0 Å². The Morgan fingerprint density at radius 3 is 2.70 bits per heavy atom. The van der Waals surface area contributed by atoms with Crippen molar-refractivity contribution in [1.82, 2.24) is 9.88 Å². The SMILES string of the molecule is CC(C(=O)O)N(C)Cc1csc(-c2ccc(Br)cc2)n1. The Morgan fingerprint density at radius 2 is 2.10 bits per heavy atom. The third-order valence-corrected chi connectivity index (χ3v) is 4.54. The molecular weight excluding hydrogens is 340 g/mol. The van der Waals surface area contributed by atoms with Gasteiger partial charge in [-0.1, -0.05) is 28.1 Å². The third kappa shape index (κ3) is 3.65. The average molecular weight is 355 g/mol. The second-order valence-corrected chi connectivity index (χ2v) is 6.35. The molecule has 0 aliphatic carbocycles. The van der Waals surface area contributed by atoms with Crippen LogP contribution in [0.5, 0.6) is 0 Å². The molecule has 2 aromatic rings. The van der Waals surface area contributed by atoms with Gasteiger partial charge in [0.05, 0.1) is 5.69 Å². The standard InChI is InChI=1S/C14H15BrN2O2S/c1-9(14(18)19)17(2)7-12-8-20-13(16-12)10-3-5-11(15)6-4-10/h3-6,8-9H,7H2,1-2H3,(H,18,19). The lowest BCUT2D eigenvalue weighted by Crippen LogP contribution is -2.35. The molecule has 0 aliphatic rings. The van der Waals surface area contributed by atoms with Crippen LogP contribution in [0, 0.1) is 0 Å². The number of benzene rings is 1. The van der Waals surface area contributed by atoms with Crippen molar-refractivity contribution >= 4 is 33.2 Å². The number of carbonyl (C=O) groups is 1. The van der Waals surface area contributed by atoms with Gasteiger partial charge in [0.1, 0.15) is 11.0 Å². The van der Waals surface area contributed by atoms with Gasteiger partial charge in [-0.2, -0.15) is 0 Å². The highest BCUT2D eigenvalue weighted by atomic mass is 79.9. The highest BCUT2D eigenvalue weighted by Gasteiger charge is 2.17. The molecular formula is C14H15BrN2O2S. The summed E-state index contributed by atoms with van der Waals surface area (Å²) in [6.07, 6.45) is 0. The largest absolute Gasteiger partial charge is 0.480 e. The zero-order chi connectivity index (χ0) is 14.7. The number of thiazole rings is 1. The molecule has 0 saturated heterocycles. The van der Waals surface area contributed by atoms with Crippen LogP contribution in [0.2, 0.25) is 0 Å². The van der Waals surface area contributed by atoms with E-state index in [2.05, 4.69) is 20.9 Å². The number of rotatable bonds is 5. The molecule has 20 heavy (non-hydrogen) atoms. The first-order valence-electron chi connectivity index (χ1n) is 6.11. The van der Waals surface area contributed by atoms with E-state index in [0.717, 1.165) is 20.7 Å². The zero-order valence-corrected chi connectivity index (χ0v) is 13.6. The van der Waals surface area contributed by atoms with Crippen LogP contribution in [0.3, 0.4) is 0 Å². The van der Waals surface area contributed by atoms with Crippen molar-refractivity contribution in [3.63, 3.8) is 0 Å². The molecule has 106 valence electrons. The van der Waals surface area contributed by atoms with Crippen molar-refractivity contribution in [2.75, 3.05) is 7.05 Å². The molecule has 0 fully saturated rings. The van der Waals surface area contributed by atoms with Crippen molar-refractivity contribution in [1.29, 1.82) is 0 Å². The second kappa shape index (κ2) is 6.47. The normalized spacial score (nSPS) is 12.6. The summed E-state index contributed by atoms with van der Waals surface area (Å²) in [7, 11) is 1.79. The lowest BCUT2D eigenvalue weighted by molar-refractivity contribution is -0.142. The fourth-order valence-electron chi connectivity index (χ4n) is 1.69. The second-order valence-electron chi connectivity index (χ2n) is 4.58. The fraction of sp³-hybridized carbons (Fsp3) is 0.286. The molecule has 0 spiro atoms. The number of carboxylic acid groups (broad SMARTS) is 1. The molecule has 1 unspecified atom stereocenters. The van der Waals surface area contributed by atoms with E-state index < -0.39 is 12.0 Å². The van der Waals surface area contributed by atoms with Crippen LogP contribution in [0.25, 0.3) is 10.6 Å². The Bertz CT molecular complexity index is 597. The monoisotopic (exact) mass is 354 g/mol. The Labute approximate surface area is 130 Å². The summed E-state index contributed by atoms with van der Waals surface area (Å²) in [4.78, 5) is 17.3. The predicted octanol–water partition coefficient (Wildman–Crippen LogP) is 3.48. The number of aromatic nitrogens is 1. The number of halogens is 1. The maximum Gasteiger partial charge on any atom is 0.320 e.